The monoisotopic (exact) mass is 265 g/mol. The van der Waals surface area contributed by atoms with Crippen molar-refractivity contribution in [3.63, 3.8) is 0 Å². The Bertz CT molecular complexity index is 590. The van der Waals surface area contributed by atoms with E-state index in [9.17, 15) is 8.42 Å². The molecule has 3 N–H and O–H groups in total. The third kappa shape index (κ3) is 2.93. The number of nitrogens with two attached hydrogens (primary N) is 1. The average Bonchev–Trinajstić information content (AvgIpc) is 2.67. The second kappa shape index (κ2) is 4.86. The molecule has 1 heterocycles. The fourth-order valence-corrected chi connectivity index (χ4v) is 3.96. The molecular formula is C12H15N3O2S. The molecule has 0 spiro atoms. The second-order valence-corrected chi connectivity index (χ2v) is 6.80. The number of hydrogen-bond donors (Lipinski definition) is 2. The van der Waals surface area contributed by atoms with Gasteiger partial charge in [-0.25, -0.2) is 8.42 Å². The molecule has 1 saturated heterocycles. The molecule has 0 bridgehead atoms. The van der Waals surface area contributed by atoms with Gasteiger partial charge < -0.3 is 11.1 Å². The Kier molecular flexibility index (Phi) is 3.43. The number of nitriles is 1. The molecule has 1 fully saturated rings. The number of benzene rings is 1. The summed E-state index contributed by atoms with van der Waals surface area (Å²) in [5.41, 5.74) is 7.33. The molecule has 1 aromatic rings. The van der Waals surface area contributed by atoms with Gasteiger partial charge in [-0.15, -0.1) is 0 Å². The minimum absolute atomic E-state index is 0.124. The first-order chi connectivity index (χ1) is 8.50. The van der Waals surface area contributed by atoms with Crippen LogP contribution in [-0.4, -0.2) is 26.5 Å². The van der Waals surface area contributed by atoms with Gasteiger partial charge in [0.25, 0.3) is 0 Å². The Balaban J connectivity index is 2.01. The Labute approximate surface area is 107 Å². The van der Waals surface area contributed by atoms with Crippen LogP contribution >= 0.6 is 0 Å². The summed E-state index contributed by atoms with van der Waals surface area (Å²) in [4.78, 5) is 0. The lowest BCUT2D eigenvalue weighted by Gasteiger charge is -2.12. The van der Waals surface area contributed by atoms with Crippen LogP contribution in [0, 0.1) is 17.2 Å². The van der Waals surface area contributed by atoms with E-state index in [-0.39, 0.29) is 17.4 Å². The number of rotatable bonds is 3. The first-order valence-electron chi connectivity index (χ1n) is 5.74. The van der Waals surface area contributed by atoms with Gasteiger partial charge in [-0.05, 0) is 30.5 Å². The molecule has 6 heteroatoms. The molecule has 1 aromatic carbocycles. The number of nitrogen functional groups attached to an aromatic ring is 1. The molecule has 0 aliphatic carbocycles. The summed E-state index contributed by atoms with van der Waals surface area (Å²) in [5.74, 6) is 0.627. The summed E-state index contributed by atoms with van der Waals surface area (Å²) in [5, 5.41) is 12.1. The zero-order chi connectivity index (χ0) is 13.2. The van der Waals surface area contributed by atoms with Crippen LogP contribution < -0.4 is 11.1 Å². The topological polar surface area (TPSA) is 96.0 Å². The highest BCUT2D eigenvalue weighted by atomic mass is 32.2. The summed E-state index contributed by atoms with van der Waals surface area (Å²) in [6.45, 7) is 0.567. The molecule has 0 amide bonds. The Morgan fingerprint density at radius 2 is 2.28 bits per heavy atom. The second-order valence-electron chi connectivity index (χ2n) is 4.57. The van der Waals surface area contributed by atoms with Gasteiger partial charge in [-0.1, -0.05) is 0 Å². The third-order valence-electron chi connectivity index (χ3n) is 3.07. The standard InChI is InChI=1S/C12H15N3O2S/c13-6-10-5-11(14)1-2-12(10)15-7-9-3-4-18(16,17)8-9/h1-2,5,9,15H,3-4,7-8,14H2. The highest BCUT2D eigenvalue weighted by Gasteiger charge is 2.27. The molecule has 5 nitrogen and oxygen atoms in total. The van der Waals surface area contributed by atoms with Crippen molar-refractivity contribution < 1.29 is 8.42 Å². The van der Waals surface area contributed by atoms with Crippen molar-refractivity contribution in [1.82, 2.24) is 0 Å². The van der Waals surface area contributed by atoms with E-state index in [2.05, 4.69) is 11.4 Å². The average molecular weight is 265 g/mol. The van der Waals surface area contributed by atoms with Crippen molar-refractivity contribution >= 4 is 21.2 Å². The SMILES string of the molecule is N#Cc1cc(N)ccc1NCC1CCS(=O)(=O)C1. The van der Waals surface area contributed by atoms with Crippen molar-refractivity contribution in [2.45, 2.75) is 6.42 Å². The van der Waals surface area contributed by atoms with Gasteiger partial charge >= 0.3 is 0 Å². The molecule has 1 aliphatic rings. The molecule has 2 rings (SSSR count). The fourth-order valence-electron chi connectivity index (χ4n) is 2.10. The summed E-state index contributed by atoms with van der Waals surface area (Å²) in [6, 6.07) is 7.14. The molecule has 1 atom stereocenters. The van der Waals surface area contributed by atoms with Crippen LogP contribution in [0.5, 0.6) is 0 Å². The summed E-state index contributed by atoms with van der Waals surface area (Å²) in [6.07, 6.45) is 0.687. The van der Waals surface area contributed by atoms with E-state index in [0.717, 1.165) is 0 Å². The molecule has 1 unspecified atom stereocenters. The van der Waals surface area contributed by atoms with Crippen molar-refractivity contribution in [3.05, 3.63) is 23.8 Å². The van der Waals surface area contributed by atoms with Crippen molar-refractivity contribution in [2.24, 2.45) is 5.92 Å². The minimum Gasteiger partial charge on any atom is -0.399 e. The largest absolute Gasteiger partial charge is 0.399 e. The number of sulfone groups is 1. The highest BCUT2D eigenvalue weighted by molar-refractivity contribution is 7.91. The number of anilines is 2. The van der Waals surface area contributed by atoms with Crippen LogP contribution in [0.15, 0.2) is 18.2 Å². The van der Waals surface area contributed by atoms with Crippen LogP contribution in [0.3, 0.4) is 0 Å². The van der Waals surface area contributed by atoms with Crippen LogP contribution in [0.2, 0.25) is 0 Å². The zero-order valence-corrected chi connectivity index (χ0v) is 10.7. The first-order valence-corrected chi connectivity index (χ1v) is 7.56. The van der Waals surface area contributed by atoms with E-state index < -0.39 is 9.84 Å². The van der Waals surface area contributed by atoms with Gasteiger partial charge in [0.2, 0.25) is 0 Å². The highest BCUT2D eigenvalue weighted by Crippen LogP contribution is 2.22. The lowest BCUT2D eigenvalue weighted by atomic mass is 10.1. The van der Waals surface area contributed by atoms with Crippen LogP contribution in [0.25, 0.3) is 0 Å². The van der Waals surface area contributed by atoms with E-state index in [4.69, 9.17) is 11.0 Å². The Morgan fingerprint density at radius 3 is 2.89 bits per heavy atom. The molecule has 0 aromatic heterocycles. The van der Waals surface area contributed by atoms with Crippen molar-refractivity contribution in [3.8, 4) is 6.07 Å². The number of hydrogen-bond acceptors (Lipinski definition) is 5. The Morgan fingerprint density at radius 1 is 1.50 bits per heavy atom. The lowest BCUT2D eigenvalue weighted by molar-refractivity contribution is 0.596. The quantitative estimate of drug-likeness (QED) is 0.794. The molecule has 0 saturated carbocycles. The molecular weight excluding hydrogens is 250 g/mol. The predicted molar refractivity (Wildman–Crippen MR) is 70.8 cm³/mol. The maximum absolute atomic E-state index is 11.3. The zero-order valence-electron chi connectivity index (χ0n) is 9.89. The minimum atomic E-state index is -2.85. The van der Waals surface area contributed by atoms with E-state index in [1.807, 2.05) is 0 Å². The number of nitrogens with one attached hydrogen (secondary N) is 1. The fraction of sp³-hybridized carbons (Fsp3) is 0.417. The third-order valence-corrected chi connectivity index (χ3v) is 4.91. The van der Waals surface area contributed by atoms with Gasteiger partial charge in [-0.2, -0.15) is 5.26 Å². The predicted octanol–water partition coefficient (Wildman–Crippen LogP) is 0.987. The van der Waals surface area contributed by atoms with E-state index in [1.54, 1.807) is 18.2 Å². The van der Waals surface area contributed by atoms with Gasteiger partial charge in [0.15, 0.2) is 9.84 Å². The molecule has 96 valence electrons. The van der Waals surface area contributed by atoms with Gasteiger partial charge in [-0.3, -0.25) is 0 Å². The molecule has 18 heavy (non-hydrogen) atoms. The maximum atomic E-state index is 11.3. The molecule has 0 radical (unpaired) electrons. The van der Waals surface area contributed by atoms with Gasteiger partial charge in [0, 0.05) is 12.2 Å². The van der Waals surface area contributed by atoms with Crippen LogP contribution in [0.4, 0.5) is 11.4 Å². The lowest BCUT2D eigenvalue weighted by Crippen LogP contribution is -2.16. The van der Waals surface area contributed by atoms with Crippen LogP contribution in [-0.2, 0) is 9.84 Å². The number of nitrogens with zero attached hydrogens (tertiary/aromatic N) is 1. The normalized spacial score (nSPS) is 21.4. The van der Waals surface area contributed by atoms with Crippen molar-refractivity contribution in [2.75, 3.05) is 29.1 Å². The Hall–Kier alpha value is -1.74. The molecule has 1 aliphatic heterocycles. The summed E-state index contributed by atoms with van der Waals surface area (Å²) >= 11 is 0. The van der Waals surface area contributed by atoms with Crippen LogP contribution in [0.1, 0.15) is 12.0 Å². The smallest absolute Gasteiger partial charge is 0.150 e. The maximum Gasteiger partial charge on any atom is 0.150 e. The van der Waals surface area contributed by atoms with Gasteiger partial charge in [0.1, 0.15) is 6.07 Å². The van der Waals surface area contributed by atoms with E-state index in [1.165, 1.54) is 0 Å². The van der Waals surface area contributed by atoms with Crippen molar-refractivity contribution in [1.29, 1.82) is 5.26 Å². The van der Waals surface area contributed by atoms with E-state index in [0.29, 0.717) is 29.9 Å². The first kappa shape index (κ1) is 12.7. The van der Waals surface area contributed by atoms with E-state index >= 15 is 0 Å². The summed E-state index contributed by atoms with van der Waals surface area (Å²) in [7, 11) is -2.85. The van der Waals surface area contributed by atoms with Gasteiger partial charge in [0.05, 0.1) is 22.8 Å². The summed E-state index contributed by atoms with van der Waals surface area (Å²) < 4.78 is 22.6.